The van der Waals surface area contributed by atoms with Crippen molar-refractivity contribution in [3.8, 4) is 5.69 Å². The van der Waals surface area contributed by atoms with E-state index in [2.05, 4.69) is 69.9 Å². The number of nitrogens with zero attached hydrogens (tertiary/aromatic N) is 5. The fraction of sp³-hybridized carbons (Fsp3) is 0.233. The van der Waals surface area contributed by atoms with E-state index in [4.69, 9.17) is 0 Å². The van der Waals surface area contributed by atoms with Crippen molar-refractivity contribution in [1.29, 1.82) is 0 Å². The van der Waals surface area contributed by atoms with Gasteiger partial charge in [-0.05, 0) is 78.4 Å². The Bertz CT molecular complexity index is 1440. The van der Waals surface area contributed by atoms with Crippen LogP contribution in [0.15, 0.2) is 97.0 Å². The molecule has 180 valence electrons. The highest BCUT2D eigenvalue weighted by Gasteiger charge is 2.70. The van der Waals surface area contributed by atoms with Gasteiger partial charge in [-0.15, -0.1) is 0 Å². The van der Waals surface area contributed by atoms with Gasteiger partial charge in [0.05, 0.1) is 17.6 Å². The number of fused-ring (bicyclic) bond motifs is 1. The molecule has 1 aliphatic carbocycles. The summed E-state index contributed by atoms with van der Waals surface area (Å²) in [6.07, 6.45) is 7.61. The molecule has 5 nitrogen and oxygen atoms in total. The third-order valence-electron chi connectivity index (χ3n) is 7.83. The minimum absolute atomic E-state index is 0.0736. The molecule has 3 heterocycles. The zero-order chi connectivity index (χ0) is 24.9. The summed E-state index contributed by atoms with van der Waals surface area (Å²) in [7, 11) is 0. The maximum Gasteiger partial charge on any atom is 0.225 e. The first-order chi connectivity index (χ1) is 17.5. The minimum Gasteiger partial charge on any atom is -0.340 e. The van der Waals surface area contributed by atoms with E-state index in [1.54, 1.807) is 24.5 Å². The SMILES string of the molecule is C=C(/C(C)=C\c1c(C)cnn1-c1ccc(F)cc1)[C@]12CN(c3ncccn3)C[C@H]1[C@@H]2c1ccccc1. The smallest absolute Gasteiger partial charge is 0.225 e. The Balaban J connectivity index is 1.36. The van der Waals surface area contributed by atoms with Crippen LogP contribution in [0.4, 0.5) is 10.3 Å². The maximum atomic E-state index is 13.5. The second kappa shape index (κ2) is 8.55. The van der Waals surface area contributed by atoms with E-state index in [1.165, 1.54) is 17.7 Å². The quantitative estimate of drug-likeness (QED) is 0.320. The zero-order valence-corrected chi connectivity index (χ0v) is 20.5. The van der Waals surface area contributed by atoms with Crippen LogP contribution in [0.25, 0.3) is 11.8 Å². The highest BCUT2D eigenvalue weighted by atomic mass is 19.1. The fourth-order valence-electron chi connectivity index (χ4n) is 5.99. The number of piperidine rings is 1. The highest BCUT2D eigenvalue weighted by molar-refractivity contribution is 5.64. The number of hydrogen-bond donors (Lipinski definition) is 0. The van der Waals surface area contributed by atoms with Crippen molar-refractivity contribution < 1.29 is 4.39 Å². The van der Waals surface area contributed by atoms with E-state index < -0.39 is 0 Å². The predicted molar refractivity (Wildman–Crippen MR) is 140 cm³/mol. The lowest BCUT2D eigenvalue weighted by atomic mass is 9.86. The van der Waals surface area contributed by atoms with Crippen molar-refractivity contribution in [2.75, 3.05) is 18.0 Å². The number of rotatable bonds is 6. The summed E-state index contributed by atoms with van der Waals surface area (Å²) in [6, 6.07) is 19.0. The molecular weight excluding hydrogens is 449 g/mol. The molecule has 1 saturated heterocycles. The van der Waals surface area contributed by atoms with Crippen LogP contribution in [-0.2, 0) is 0 Å². The molecule has 0 amide bonds. The number of halogens is 1. The Morgan fingerprint density at radius 1 is 1.06 bits per heavy atom. The first-order valence-corrected chi connectivity index (χ1v) is 12.2. The summed E-state index contributed by atoms with van der Waals surface area (Å²) in [4.78, 5) is 11.3. The molecule has 1 aliphatic heterocycles. The molecule has 0 unspecified atom stereocenters. The third-order valence-corrected chi connectivity index (χ3v) is 7.83. The molecule has 0 N–H and O–H groups in total. The van der Waals surface area contributed by atoms with E-state index in [-0.39, 0.29) is 11.2 Å². The highest BCUT2D eigenvalue weighted by Crippen LogP contribution is 2.72. The average Bonchev–Trinajstić information content (AvgIpc) is 3.15. The summed E-state index contributed by atoms with van der Waals surface area (Å²) in [5, 5.41) is 4.56. The first kappa shape index (κ1) is 22.4. The van der Waals surface area contributed by atoms with Crippen molar-refractivity contribution in [1.82, 2.24) is 19.7 Å². The van der Waals surface area contributed by atoms with E-state index in [0.29, 0.717) is 11.8 Å². The number of anilines is 1. The van der Waals surface area contributed by atoms with Crippen LogP contribution in [0.1, 0.15) is 29.7 Å². The van der Waals surface area contributed by atoms with Crippen LogP contribution in [-0.4, -0.2) is 32.8 Å². The van der Waals surface area contributed by atoms with Gasteiger partial charge in [0.15, 0.2) is 0 Å². The monoisotopic (exact) mass is 477 g/mol. The summed E-state index contributed by atoms with van der Waals surface area (Å²) in [6.45, 7) is 10.6. The van der Waals surface area contributed by atoms with E-state index in [1.807, 2.05) is 23.9 Å². The molecule has 6 heteroatoms. The van der Waals surface area contributed by atoms with Gasteiger partial charge in [-0.2, -0.15) is 5.10 Å². The van der Waals surface area contributed by atoms with Gasteiger partial charge in [-0.1, -0.05) is 36.9 Å². The molecule has 0 spiro atoms. The number of benzene rings is 2. The Labute approximate surface area is 210 Å². The summed E-state index contributed by atoms with van der Waals surface area (Å²) in [5.41, 5.74) is 6.42. The standard InChI is InChI=1S/C30H28FN5/c1-20(16-27-21(2)17-34-36(27)25-12-10-24(31)11-13-25)22(3)30-19-35(29-32-14-7-15-33-29)18-26(30)28(30)23-8-5-4-6-9-23/h4-17,26,28H,3,18-19H2,1-2H3/b20-16-/t26-,28-,30+/m0/s1. The fourth-order valence-corrected chi connectivity index (χ4v) is 5.99. The average molecular weight is 478 g/mol. The normalized spacial score (nSPS) is 23.0. The van der Waals surface area contributed by atoms with E-state index in [9.17, 15) is 4.39 Å². The minimum atomic E-state index is -0.261. The molecular formula is C30H28FN5. The molecule has 1 saturated carbocycles. The molecule has 2 fully saturated rings. The Hall–Kier alpha value is -4.06. The van der Waals surface area contributed by atoms with Crippen molar-refractivity contribution in [2.24, 2.45) is 11.3 Å². The molecule has 0 radical (unpaired) electrons. The first-order valence-electron chi connectivity index (χ1n) is 12.2. The van der Waals surface area contributed by atoms with Crippen LogP contribution in [0.3, 0.4) is 0 Å². The van der Waals surface area contributed by atoms with Crippen LogP contribution in [0.5, 0.6) is 0 Å². The van der Waals surface area contributed by atoms with Gasteiger partial charge < -0.3 is 4.90 Å². The van der Waals surface area contributed by atoms with Crippen molar-refractivity contribution in [3.05, 3.63) is 120 Å². The Kier molecular flexibility index (Phi) is 5.32. The lowest BCUT2D eigenvalue weighted by molar-refractivity contribution is 0.610. The summed E-state index contributed by atoms with van der Waals surface area (Å²) < 4.78 is 15.4. The van der Waals surface area contributed by atoms with Crippen LogP contribution in [0, 0.1) is 24.1 Å². The number of allylic oxidation sites excluding steroid dienone is 1. The van der Waals surface area contributed by atoms with Gasteiger partial charge in [-0.3, -0.25) is 0 Å². The second-order valence-corrected chi connectivity index (χ2v) is 9.87. The molecule has 36 heavy (non-hydrogen) atoms. The van der Waals surface area contributed by atoms with E-state index >= 15 is 0 Å². The van der Waals surface area contributed by atoms with Gasteiger partial charge in [0, 0.05) is 36.8 Å². The van der Waals surface area contributed by atoms with Crippen molar-refractivity contribution in [3.63, 3.8) is 0 Å². The Morgan fingerprint density at radius 3 is 2.50 bits per heavy atom. The van der Waals surface area contributed by atoms with Gasteiger partial charge in [-0.25, -0.2) is 19.0 Å². The largest absolute Gasteiger partial charge is 0.340 e. The zero-order valence-electron chi connectivity index (χ0n) is 20.5. The summed E-state index contributed by atoms with van der Waals surface area (Å²) >= 11 is 0. The molecule has 3 atom stereocenters. The lowest BCUT2D eigenvalue weighted by Gasteiger charge is -2.26. The second-order valence-electron chi connectivity index (χ2n) is 9.87. The molecule has 0 bridgehead atoms. The number of aromatic nitrogens is 4. The van der Waals surface area contributed by atoms with E-state index in [0.717, 1.165) is 47.1 Å². The van der Waals surface area contributed by atoms with Crippen molar-refractivity contribution >= 4 is 12.0 Å². The molecule has 2 aromatic heterocycles. The summed E-state index contributed by atoms with van der Waals surface area (Å²) in [5.74, 6) is 1.37. The molecule has 2 aliphatic rings. The molecule has 2 aromatic carbocycles. The number of aryl methyl sites for hydroxylation is 1. The van der Waals surface area contributed by atoms with Gasteiger partial charge in [0.1, 0.15) is 5.82 Å². The predicted octanol–water partition coefficient (Wildman–Crippen LogP) is 5.99. The lowest BCUT2D eigenvalue weighted by Crippen LogP contribution is -2.29. The molecule has 4 aromatic rings. The Morgan fingerprint density at radius 2 is 1.78 bits per heavy atom. The van der Waals surface area contributed by atoms with Gasteiger partial charge >= 0.3 is 0 Å². The topological polar surface area (TPSA) is 46.8 Å². The van der Waals surface area contributed by atoms with Gasteiger partial charge in [0.25, 0.3) is 0 Å². The van der Waals surface area contributed by atoms with Crippen LogP contribution in [0.2, 0.25) is 0 Å². The third kappa shape index (κ3) is 3.56. The van der Waals surface area contributed by atoms with Gasteiger partial charge in [0.2, 0.25) is 5.95 Å². The number of hydrogen-bond acceptors (Lipinski definition) is 4. The molecule has 6 rings (SSSR count). The van der Waals surface area contributed by atoms with Crippen LogP contribution >= 0.6 is 0 Å². The maximum absolute atomic E-state index is 13.5. The van der Waals surface area contributed by atoms with Crippen LogP contribution < -0.4 is 4.90 Å². The van der Waals surface area contributed by atoms with Crippen molar-refractivity contribution in [2.45, 2.75) is 19.8 Å².